The van der Waals surface area contributed by atoms with Crippen molar-refractivity contribution in [2.75, 3.05) is 12.3 Å². The molecule has 0 aromatic rings. The molecular weight excluding hydrogens is 213 g/mol. The molecule has 0 saturated carbocycles. The summed E-state index contributed by atoms with van der Waals surface area (Å²) < 4.78 is 0. The van der Waals surface area contributed by atoms with E-state index in [9.17, 15) is 0 Å². The summed E-state index contributed by atoms with van der Waals surface area (Å²) in [5, 5.41) is 4.76. The maximum Gasteiger partial charge on any atom is 0.0432 e. The van der Waals surface area contributed by atoms with Crippen LogP contribution in [0.5, 0.6) is 0 Å². The molecule has 0 aliphatic carbocycles. The maximum atomic E-state index is 5.75. The first kappa shape index (κ1) is 10.7. The van der Waals surface area contributed by atoms with Crippen molar-refractivity contribution in [3.05, 3.63) is 10.6 Å². The minimum atomic E-state index is 0.598. The van der Waals surface area contributed by atoms with Crippen LogP contribution in [0, 0.1) is 0 Å². The van der Waals surface area contributed by atoms with Gasteiger partial charge in [0.1, 0.15) is 0 Å². The molecule has 0 bridgehead atoms. The summed E-state index contributed by atoms with van der Waals surface area (Å²) in [4.78, 5) is 0. The van der Waals surface area contributed by atoms with E-state index < -0.39 is 0 Å². The third-order valence-corrected chi connectivity index (χ3v) is 3.97. The van der Waals surface area contributed by atoms with Crippen LogP contribution in [-0.2, 0) is 0 Å². The van der Waals surface area contributed by atoms with Gasteiger partial charge in [0.2, 0.25) is 0 Å². The zero-order chi connectivity index (χ0) is 8.97. The lowest BCUT2D eigenvalue weighted by Crippen LogP contribution is -2.34. The molecule has 1 N–H and O–H groups in total. The van der Waals surface area contributed by atoms with Crippen LogP contribution in [0.2, 0.25) is 0 Å². The molecule has 2 atom stereocenters. The maximum absolute atomic E-state index is 5.75. The van der Waals surface area contributed by atoms with Crippen molar-refractivity contribution in [2.24, 2.45) is 0 Å². The van der Waals surface area contributed by atoms with E-state index in [4.69, 9.17) is 23.2 Å². The molecule has 0 aromatic heterocycles. The molecule has 1 aliphatic heterocycles. The first-order chi connectivity index (χ1) is 5.74. The molecule has 0 amide bonds. The van der Waals surface area contributed by atoms with Gasteiger partial charge in [-0.2, -0.15) is 11.8 Å². The number of nitrogens with one attached hydrogen (secondary N) is 1. The summed E-state index contributed by atoms with van der Waals surface area (Å²) in [7, 11) is 0. The average Bonchev–Trinajstić information content (AvgIpc) is 2.47. The Hall–Kier alpha value is 0.630. The van der Waals surface area contributed by atoms with E-state index in [2.05, 4.69) is 12.2 Å². The predicted molar refractivity (Wildman–Crippen MR) is 58.1 cm³/mol. The standard InChI is InChI=1S/C8H13Cl2NS/c1-6-8(2-3-12-6)11-5-7(10)4-9/h4,6,8,11H,2-3,5H2,1H3/b7-4-. The molecule has 1 heterocycles. The van der Waals surface area contributed by atoms with Gasteiger partial charge in [-0.25, -0.2) is 0 Å². The van der Waals surface area contributed by atoms with Crippen LogP contribution in [0.15, 0.2) is 10.6 Å². The van der Waals surface area contributed by atoms with Crippen LogP contribution in [0.25, 0.3) is 0 Å². The molecule has 0 spiro atoms. The number of hydrogen-bond acceptors (Lipinski definition) is 2. The van der Waals surface area contributed by atoms with E-state index in [-0.39, 0.29) is 0 Å². The highest BCUT2D eigenvalue weighted by molar-refractivity contribution is 8.00. The molecule has 2 unspecified atom stereocenters. The fourth-order valence-corrected chi connectivity index (χ4v) is 2.65. The molecule has 4 heteroatoms. The first-order valence-corrected chi connectivity index (χ1v) is 5.90. The SMILES string of the molecule is CC1SCCC1NC/C(Cl)=C/Cl. The van der Waals surface area contributed by atoms with Gasteiger partial charge in [-0.3, -0.25) is 0 Å². The molecular formula is C8H13Cl2NS. The molecule has 70 valence electrons. The number of hydrogen-bond donors (Lipinski definition) is 1. The second-order valence-corrected chi connectivity index (χ2v) is 5.10. The highest BCUT2D eigenvalue weighted by Crippen LogP contribution is 2.26. The normalized spacial score (nSPS) is 31.1. The fourth-order valence-electron chi connectivity index (χ4n) is 1.27. The van der Waals surface area contributed by atoms with Crippen molar-refractivity contribution >= 4 is 35.0 Å². The summed E-state index contributed by atoms with van der Waals surface area (Å²) in [5.41, 5.74) is 1.42. The van der Waals surface area contributed by atoms with E-state index in [0.717, 1.165) is 0 Å². The highest BCUT2D eigenvalue weighted by Gasteiger charge is 2.22. The number of halogens is 2. The molecule has 0 radical (unpaired) electrons. The van der Waals surface area contributed by atoms with Gasteiger partial charge in [-0.15, -0.1) is 0 Å². The van der Waals surface area contributed by atoms with Gasteiger partial charge in [0.15, 0.2) is 0 Å². The van der Waals surface area contributed by atoms with Gasteiger partial charge in [-0.1, -0.05) is 30.1 Å². The second-order valence-electron chi connectivity index (χ2n) is 2.91. The van der Waals surface area contributed by atoms with Crippen molar-refractivity contribution in [3.63, 3.8) is 0 Å². The molecule has 12 heavy (non-hydrogen) atoms. The fraction of sp³-hybridized carbons (Fsp3) is 0.750. The Balaban J connectivity index is 2.22. The van der Waals surface area contributed by atoms with E-state index in [1.807, 2.05) is 11.8 Å². The van der Waals surface area contributed by atoms with Crippen LogP contribution >= 0.6 is 35.0 Å². The predicted octanol–water partition coefficient (Wildman–Crippen LogP) is 2.79. The largest absolute Gasteiger partial charge is 0.308 e. The second kappa shape index (κ2) is 5.38. The monoisotopic (exact) mass is 225 g/mol. The van der Waals surface area contributed by atoms with Gasteiger partial charge in [0, 0.05) is 28.4 Å². The molecule has 1 fully saturated rings. The van der Waals surface area contributed by atoms with Crippen LogP contribution < -0.4 is 5.32 Å². The lowest BCUT2D eigenvalue weighted by atomic mass is 10.2. The third-order valence-electron chi connectivity index (χ3n) is 2.03. The van der Waals surface area contributed by atoms with Crippen LogP contribution in [0.1, 0.15) is 13.3 Å². The smallest absolute Gasteiger partial charge is 0.0432 e. The van der Waals surface area contributed by atoms with Crippen molar-refractivity contribution in [3.8, 4) is 0 Å². The van der Waals surface area contributed by atoms with Gasteiger partial charge in [-0.05, 0) is 12.2 Å². The zero-order valence-corrected chi connectivity index (χ0v) is 9.35. The van der Waals surface area contributed by atoms with Gasteiger partial charge in [0.05, 0.1) is 0 Å². The Labute approximate surface area is 87.9 Å². The number of thioether (sulfide) groups is 1. The molecule has 0 aromatic carbocycles. The Morgan fingerprint density at radius 3 is 3.00 bits per heavy atom. The van der Waals surface area contributed by atoms with Crippen LogP contribution in [0.3, 0.4) is 0 Å². The Bertz CT molecular complexity index is 172. The van der Waals surface area contributed by atoms with Crippen molar-refractivity contribution in [1.82, 2.24) is 5.32 Å². The van der Waals surface area contributed by atoms with Gasteiger partial charge in [0.25, 0.3) is 0 Å². The highest BCUT2D eigenvalue weighted by atomic mass is 35.5. The Morgan fingerprint density at radius 1 is 1.75 bits per heavy atom. The quantitative estimate of drug-likeness (QED) is 0.794. The third kappa shape index (κ3) is 3.17. The van der Waals surface area contributed by atoms with E-state index in [1.165, 1.54) is 17.7 Å². The van der Waals surface area contributed by atoms with Crippen molar-refractivity contribution in [2.45, 2.75) is 24.6 Å². The minimum Gasteiger partial charge on any atom is -0.308 e. The minimum absolute atomic E-state index is 0.598. The lowest BCUT2D eigenvalue weighted by Gasteiger charge is -2.15. The zero-order valence-electron chi connectivity index (χ0n) is 7.02. The van der Waals surface area contributed by atoms with Crippen LogP contribution in [0.4, 0.5) is 0 Å². The average molecular weight is 226 g/mol. The van der Waals surface area contributed by atoms with Crippen molar-refractivity contribution in [1.29, 1.82) is 0 Å². The lowest BCUT2D eigenvalue weighted by molar-refractivity contribution is 0.541. The van der Waals surface area contributed by atoms with E-state index >= 15 is 0 Å². The summed E-state index contributed by atoms with van der Waals surface area (Å²) in [5.74, 6) is 1.25. The van der Waals surface area contributed by atoms with Gasteiger partial charge >= 0.3 is 0 Å². The molecule has 1 aliphatic rings. The summed E-state index contributed by atoms with van der Waals surface area (Å²) in [6.07, 6.45) is 1.23. The van der Waals surface area contributed by atoms with Crippen molar-refractivity contribution < 1.29 is 0 Å². The Kier molecular flexibility index (Phi) is 4.80. The molecule has 1 nitrogen and oxygen atoms in total. The Morgan fingerprint density at radius 2 is 2.50 bits per heavy atom. The van der Waals surface area contributed by atoms with E-state index in [1.54, 1.807) is 0 Å². The van der Waals surface area contributed by atoms with Crippen LogP contribution in [-0.4, -0.2) is 23.6 Å². The topological polar surface area (TPSA) is 12.0 Å². The molecule has 1 rings (SSSR count). The summed E-state index contributed by atoms with van der Waals surface area (Å²) in [6.45, 7) is 2.94. The summed E-state index contributed by atoms with van der Waals surface area (Å²) >= 11 is 13.2. The first-order valence-electron chi connectivity index (χ1n) is 4.03. The van der Waals surface area contributed by atoms with Gasteiger partial charge < -0.3 is 5.32 Å². The van der Waals surface area contributed by atoms with E-state index in [0.29, 0.717) is 22.9 Å². The summed E-state index contributed by atoms with van der Waals surface area (Å²) in [6, 6.07) is 0.598. The molecule has 1 saturated heterocycles. The number of rotatable bonds is 3.